The fourth-order valence-corrected chi connectivity index (χ4v) is 2.77. The molecule has 4 heteroatoms. The summed E-state index contributed by atoms with van der Waals surface area (Å²) in [6.45, 7) is 5.27. The van der Waals surface area contributed by atoms with Gasteiger partial charge in [-0.2, -0.15) is 0 Å². The molecule has 0 unspecified atom stereocenters. The standard InChI is InChI=1S/C17H25N3O/c1-5-14(6-2)20(3)11-13-9-12-7-8-15(21-4)10-16(12)19-17(13)18/h7-10,14H,5-6,11H2,1-4H3,(H2,18,19). The largest absolute Gasteiger partial charge is 0.497 e. The van der Waals surface area contributed by atoms with Gasteiger partial charge >= 0.3 is 0 Å². The zero-order valence-electron chi connectivity index (χ0n) is 13.4. The molecule has 0 saturated heterocycles. The minimum atomic E-state index is 0.580. The SMILES string of the molecule is CCC(CC)N(C)Cc1cc2ccc(OC)cc2nc1N. The summed E-state index contributed by atoms with van der Waals surface area (Å²) >= 11 is 0. The molecule has 2 rings (SSSR count). The third kappa shape index (κ3) is 3.45. The minimum Gasteiger partial charge on any atom is -0.497 e. The first-order valence-electron chi connectivity index (χ1n) is 7.52. The molecule has 0 bridgehead atoms. The van der Waals surface area contributed by atoms with E-state index in [0.29, 0.717) is 11.9 Å². The predicted octanol–water partition coefficient (Wildman–Crippen LogP) is 3.45. The van der Waals surface area contributed by atoms with E-state index >= 15 is 0 Å². The minimum absolute atomic E-state index is 0.580. The van der Waals surface area contributed by atoms with E-state index in [2.05, 4.69) is 36.8 Å². The van der Waals surface area contributed by atoms with Crippen LogP contribution < -0.4 is 10.5 Å². The monoisotopic (exact) mass is 287 g/mol. The summed E-state index contributed by atoms with van der Waals surface area (Å²) in [5.74, 6) is 1.41. The number of rotatable bonds is 6. The van der Waals surface area contributed by atoms with Crippen LogP contribution in [0.2, 0.25) is 0 Å². The van der Waals surface area contributed by atoms with Gasteiger partial charge < -0.3 is 10.5 Å². The number of ether oxygens (including phenoxy) is 1. The number of pyridine rings is 1. The number of nitrogens with zero attached hydrogens (tertiary/aromatic N) is 2. The first kappa shape index (κ1) is 15.6. The fraction of sp³-hybridized carbons (Fsp3) is 0.471. The molecule has 1 heterocycles. The highest BCUT2D eigenvalue weighted by molar-refractivity contribution is 5.82. The summed E-state index contributed by atoms with van der Waals surface area (Å²) in [5, 5.41) is 1.10. The van der Waals surface area contributed by atoms with Gasteiger partial charge in [0.25, 0.3) is 0 Å². The summed E-state index contributed by atoms with van der Waals surface area (Å²) < 4.78 is 5.23. The second-order valence-corrected chi connectivity index (χ2v) is 5.48. The molecule has 114 valence electrons. The molecular weight excluding hydrogens is 262 g/mol. The number of methoxy groups -OCH3 is 1. The van der Waals surface area contributed by atoms with Gasteiger partial charge in [0, 0.05) is 29.6 Å². The number of benzene rings is 1. The average Bonchev–Trinajstić information content (AvgIpc) is 2.48. The van der Waals surface area contributed by atoms with Crippen molar-refractivity contribution in [3.63, 3.8) is 0 Å². The molecule has 1 aromatic carbocycles. The van der Waals surface area contributed by atoms with Crippen molar-refractivity contribution in [1.29, 1.82) is 0 Å². The van der Waals surface area contributed by atoms with Crippen molar-refractivity contribution in [2.45, 2.75) is 39.3 Å². The summed E-state index contributed by atoms with van der Waals surface area (Å²) in [6.07, 6.45) is 2.29. The van der Waals surface area contributed by atoms with E-state index in [1.807, 2.05) is 18.2 Å². The van der Waals surface area contributed by atoms with Crippen molar-refractivity contribution < 1.29 is 4.74 Å². The quantitative estimate of drug-likeness (QED) is 0.884. The van der Waals surface area contributed by atoms with Crippen LogP contribution in [-0.2, 0) is 6.54 Å². The van der Waals surface area contributed by atoms with E-state index in [0.717, 1.165) is 41.6 Å². The molecule has 0 spiro atoms. The Bertz CT molecular complexity index is 608. The van der Waals surface area contributed by atoms with Gasteiger partial charge in [-0.25, -0.2) is 4.98 Å². The number of aromatic nitrogens is 1. The third-order valence-corrected chi connectivity index (χ3v) is 4.12. The van der Waals surface area contributed by atoms with Crippen LogP contribution in [0.3, 0.4) is 0 Å². The van der Waals surface area contributed by atoms with Gasteiger partial charge in [-0.05, 0) is 38.1 Å². The van der Waals surface area contributed by atoms with Gasteiger partial charge in [-0.3, -0.25) is 4.90 Å². The van der Waals surface area contributed by atoms with Crippen molar-refractivity contribution in [3.8, 4) is 5.75 Å². The third-order valence-electron chi connectivity index (χ3n) is 4.12. The van der Waals surface area contributed by atoms with Gasteiger partial charge in [-0.1, -0.05) is 13.8 Å². The molecule has 2 N–H and O–H groups in total. The van der Waals surface area contributed by atoms with Crippen molar-refractivity contribution in [2.24, 2.45) is 0 Å². The maximum Gasteiger partial charge on any atom is 0.128 e. The lowest BCUT2D eigenvalue weighted by molar-refractivity contribution is 0.222. The average molecular weight is 287 g/mol. The van der Waals surface area contributed by atoms with Gasteiger partial charge in [0.2, 0.25) is 0 Å². The van der Waals surface area contributed by atoms with E-state index in [9.17, 15) is 0 Å². The van der Waals surface area contributed by atoms with Crippen LogP contribution in [0.25, 0.3) is 10.9 Å². The first-order chi connectivity index (χ1) is 10.1. The van der Waals surface area contributed by atoms with Crippen LogP contribution in [0, 0.1) is 0 Å². The van der Waals surface area contributed by atoms with Crippen molar-refractivity contribution >= 4 is 16.7 Å². The Labute approximate surface area is 126 Å². The molecule has 21 heavy (non-hydrogen) atoms. The van der Waals surface area contributed by atoms with Gasteiger partial charge in [0.15, 0.2) is 0 Å². The second kappa shape index (κ2) is 6.76. The molecule has 0 atom stereocenters. The van der Waals surface area contributed by atoms with E-state index in [1.54, 1.807) is 7.11 Å². The zero-order valence-corrected chi connectivity index (χ0v) is 13.4. The molecule has 0 aliphatic rings. The van der Waals surface area contributed by atoms with Crippen LogP contribution >= 0.6 is 0 Å². The van der Waals surface area contributed by atoms with Gasteiger partial charge in [0.05, 0.1) is 12.6 Å². The highest BCUT2D eigenvalue weighted by Crippen LogP contribution is 2.24. The van der Waals surface area contributed by atoms with Crippen molar-refractivity contribution in [3.05, 3.63) is 29.8 Å². The Morgan fingerprint density at radius 1 is 1.24 bits per heavy atom. The lowest BCUT2D eigenvalue weighted by Crippen LogP contribution is -2.30. The van der Waals surface area contributed by atoms with Crippen LogP contribution in [0.1, 0.15) is 32.3 Å². The normalized spacial score (nSPS) is 11.5. The Morgan fingerprint density at radius 2 is 1.95 bits per heavy atom. The van der Waals surface area contributed by atoms with E-state index in [-0.39, 0.29) is 0 Å². The smallest absolute Gasteiger partial charge is 0.128 e. The highest BCUT2D eigenvalue weighted by Gasteiger charge is 2.13. The Hall–Kier alpha value is -1.81. The maximum absolute atomic E-state index is 6.13. The number of nitrogen functional groups attached to an aromatic ring is 1. The summed E-state index contributed by atoms with van der Waals surface area (Å²) in [5.41, 5.74) is 8.09. The summed E-state index contributed by atoms with van der Waals surface area (Å²) in [7, 11) is 3.80. The molecule has 0 aliphatic carbocycles. The fourth-order valence-electron chi connectivity index (χ4n) is 2.77. The van der Waals surface area contributed by atoms with Gasteiger partial charge in [0.1, 0.15) is 11.6 Å². The van der Waals surface area contributed by atoms with Crippen LogP contribution in [0.15, 0.2) is 24.3 Å². The van der Waals surface area contributed by atoms with Crippen LogP contribution in [0.4, 0.5) is 5.82 Å². The number of hydrogen-bond donors (Lipinski definition) is 1. The number of hydrogen-bond acceptors (Lipinski definition) is 4. The topological polar surface area (TPSA) is 51.4 Å². The zero-order chi connectivity index (χ0) is 15.4. The van der Waals surface area contributed by atoms with Crippen LogP contribution in [0.5, 0.6) is 5.75 Å². The van der Waals surface area contributed by atoms with Gasteiger partial charge in [-0.15, -0.1) is 0 Å². The highest BCUT2D eigenvalue weighted by atomic mass is 16.5. The van der Waals surface area contributed by atoms with E-state index < -0.39 is 0 Å². The molecule has 0 radical (unpaired) electrons. The maximum atomic E-state index is 6.13. The van der Waals surface area contributed by atoms with E-state index in [1.165, 1.54) is 0 Å². The van der Waals surface area contributed by atoms with Crippen molar-refractivity contribution in [1.82, 2.24) is 9.88 Å². The molecular formula is C17H25N3O. The Kier molecular flexibility index (Phi) is 5.02. The number of nitrogens with two attached hydrogens (primary N) is 1. The first-order valence-corrected chi connectivity index (χ1v) is 7.52. The summed E-state index contributed by atoms with van der Waals surface area (Å²) in [4.78, 5) is 6.87. The molecule has 1 aromatic heterocycles. The molecule has 0 saturated carbocycles. The Balaban J connectivity index is 2.30. The van der Waals surface area contributed by atoms with Crippen LogP contribution in [-0.4, -0.2) is 30.1 Å². The van der Waals surface area contributed by atoms with Crippen molar-refractivity contribution in [2.75, 3.05) is 19.9 Å². The second-order valence-electron chi connectivity index (χ2n) is 5.48. The molecule has 0 amide bonds. The Morgan fingerprint density at radius 3 is 2.57 bits per heavy atom. The molecule has 0 fully saturated rings. The van der Waals surface area contributed by atoms with E-state index in [4.69, 9.17) is 10.5 Å². The number of anilines is 1. The molecule has 4 nitrogen and oxygen atoms in total. The molecule has 0 aliphatic heterocycles. The predicted molar refractivity (Wildman–Crippen MR) is 88.5 cm³/mol. The lowest BCUT2D eigenvalue weighted by Gasteiger charge is -2.26. The lowest BCUT2D eigenvalue weighted by atomic mass is 10.1. The molecule has 2 aromatic rings. The summed E-state index contributed by atoms with van der Waals surface area (Å²) in [6, 6.07) is 8.61. The number of fused-ring (bicyclic) bond motifs is 1.